The van der Waals surface area contributed by atoms with Crippen molar-refractivity contribution in [1.82, 2.24) is 19.7 Å². The number of ether oxygens (including phenoxy) is 1. The molecule has 116 valence electrons. The molecule has 22 heavy (non-hydrogen) atoms. The Balaban J connectivity index is 1.56. The fourth-order valence-corrected chi connectivity index (χ4v) is 3.46. The Bertz CT molecular complexity index is 671. The van der Waals surface area contributed by atoms with Crippen molar-refractivity contribution in [3.05, 3.63) is 24.5 Å². The first kappa shape index (κ1) is 13.7. The van der Waals surface area contributed by atoms with Gasteiger partial charge in [0.05, 0.1) is 19.8 Å². The lowest BCUT2D eigenvalue weighted by Crippen LogP contribution is -2.34. The van der Waals surface area contributed by atoms with E-state index in [4.69, 9.17) is 4.74 Å². The van der Waals surface area contributed by atoms with E-state index >= 15 is 0 Å². The summed E-state index contributed by atoms with van der Waals surface area (Å²) in [5, 5.41) is 18.4. The highest BCUT2D eigenvalue weighted by atomic mass is 16.5. The van der Waals surface area contributed by atoms with Gasteiger partial charge in [-0.3, -0.25) is 0 Å². The maximum Gasteiger partial charge on any atom is 0.160 e. The van der Waals surface area contributed by atoms with Gasteiger partial charge in [-0.05, 0) is 12.1 Å². The van der Waals surface area contributed by atoms with Gasteiger partial charge in [0.25, 0.3) is 0 Å². The Morgan fingerprint density at radius 3 is 2.95 bits per heavy atom. The number of rotatable bonds is 3. The van der Waals surface area contributed by atoms with Crippen molar-refractivity contribution < 1.29 is 9.84 Å². The summed E-state index contributed by atoms with van der Waals surface area (Å²) in [6.07, 6.45) is 3.63. The summed E-state index contributed by atoms with van der Waals surface area (Å²) >= 11 is 0. The Labute approximate surface area is 128 Å². The van der Waals surface area contributed by atoms with E-state index in [9.17, 15) is 5.11 Å². The molecule has 0 radical (unpaired) electrons. The largest absolute Gasteiger partial charge is 0.396 e. The molecule has 2 atom stereocenters. The lowest BCUT2D eigenvalue weighted by molar-refractivity contribution is 0.0989. The number of hydrogen-bond acceptors (Lipinski definition) is 6. The molecule has 0 aromatic carbocycles. The summed E-state index contributed by atoms with van der Waals surface area (Å²) in [7, 11) is 1.94. The van der Waals surface area contributed by atoms with E-state index in [0.717, 1.165) is 37.0 Å². The van der Waals surface area contributed by atoms with E-state index < -0.39 is 0 Å². The Morgan fingerprint density at radius 1 is 1.41 bits per heavy atom. The molecule has 4 heterocycles. The molecule has 2 aromatic rings. The number of aromatic nitrogens is 4. The van der Waals surface area contributed by atoms with Gasteiger partial charge < -0.3 is 19.3 Å². The van der Waals surface area contributed by atoms with Gasteiger partial charge >= 0.3 is 0 Å². The van der Waals surface area contributed by atoms with Gasteiger partial charge in [-0.25, -0.2) is 4.98 Å². The topological polar surface area (TPSA) is 76.3 Å². The van der Waals surface area contributed by atoms with Gasteiger partial charge in [-0.2, -0.15) is 0 Å². The quantitative estimate of drug-likeness (QED) is 0.880. The molecule has 0 aliphatic carbocycles. The number of fused-ring (bicyclic) bond motifs is 1. The van der Waals surface area contributed by atoms with Crippen molar-refractivity contribution in [3.8, 4) is 11.5 Å². The minimum Gasteiger partial charge on any atom is -0.396 e. The van der Waals surface area contributed by atoms with E-state index in [2.05, 4.69) is 20.1 Å². The predicted molar refractivity (Wildman–Crippen MR) is 80.3 cm³/mol. The summed E-state index contributed by atoms with van der Waals surface area (Å²) in [6, 6.07) is 3.92. The number of aliphatic hydroxyl groups is 1. The molecular formula is C15H19N5O2. The van der Waals surface area contributed by atoms with Gasteiger partial charge in [-0.15, -0.1) is 10.2 Å². The van der Waals surface area contributed by atoms with Crippen molar-refractivity contribution in [1.29, 1.82) is 0 Å². The SMILES string of the molecule is Cn1ccnc1-c1ccc(N2C[C@H]3COC[C@@]3(CO)C2)nn1. The second kappa shape index (κ2) is 5.03. The highest BCUT2D eigenvalue weighted by Gasteiger charge is 2.50. The predicted octanol–water partition coefficient (Wildman–Crippen LogP) is 0.322. The van der Waals surface area contributed by atoms with Crippen LogP contribution < -0.4 is 4.90 Å². The van der Waals surface area contributed by atoms with Gasteiger partial charge in [0.15, 0.2) is 11.6 Å². The fourth-order valence-electron chi connectivity index (χ4n) is 3.46. The van der Waals surface area contributed by atoms with E-state index in [0.29, 0.717) is 12.5 Å². The summed E-state index contributed by atoms with van der Waals surface area (Å²) in [4.78, 5) is 6.47. The van der Waals surface area contributed by atoms with Crippen LogP contribution in [0.3, 0.4) is 0 Å². The lowest BCUT2D eigenvalue weighted by atomic mass is 9.82. The van der Waals surface area contributed by atoms with Crippen LogP contribution in [0.5, 0.6) is 0 Å². The van der Waals surface area contributed by atoms with Crippen LogP contribution in [0.2, 0.25) is 0 Å². The van der Waals surface area contributed by atoms with Crippen molar-refractivity contribution >= 4 is 5.82 Å². The molecule has 2 aromatic heterocycles. The molecule has 0 saturated carbocycles. The summed E-state index contributed by atoms with van der Waals surface area (Å²) < 4.78 is 7.46. The molecule has 0 spiro atoms. The maximum atomic E-state index is 9.74. The molecule has 4 rings (SSSR count). The van der Waals surface area contributed by atoms with Gasteiger partial charge in [-0.1, -0.05) is 0 Å². The average Bonchev–Trinajstić information content (AvgIpc) is 3.21. The third-order valence-corrected chi connectivity index (χ3v) is 4.86. The number of imidazole rings is 1. The Hall–Kier alpha value is -1.99. The van der Waals surface area contributed by atoms with Crippen LogP contribution in [-0.2, 0) is 11.8 Å². The molecule has 0 bridgehead atoms. The zero-order valence-corrected chi connectivity index (χ0v) is 12.5. The van der Waals surface area contributed by atoms with E-state index in [1.165, 1.54) is 0 Å². The molecule has 0 unspecified atom stereocenters. The first-order chi connectivity index (χ1) is 10.7. The minimum atomic E-state index is -0.139. The normalized spacial score (nSPS) is 27.4. The van der Waals surface area contributed by atoms with Gasteiger partial charge in [0.1, 0.15) is 5.69 Å². The van der Waals surface area contributed by atoms with Gasteiger partial charge in [0, 0.05) is 43.9 Å². The zero-order chi connectivity index (χ0) is 15.2. The molecule has 2 aliphatic heterocycles. The molecular weight excluding hydrogens is 282 g/mol. The molecule has 0 amide bonds. The molecule has 1 N–H and O–H groups in total. The molecule has 7 heteroatoms. The molecule has 2 aliphatic rings. The monoisotopic (exact) mass is 301 g/mol. The molecule has 2 saturated heterocycles. The van der Waals surface area contributed by atoms with Crippen LogP contribution >= 0.6 is 0 Å². The highest BCUT2D eigenvalue weighted by molar-refractivity contribution is 5.52. The van der Waals surface area contributed by atoms with Crippen molar-refractivity contribution in [2.75, 3.05) is 37.8 Å². The van der Waals surface area contributed by atoms with Crippen molar-refractivity contribution in [2.24, 2.45) is 18.4 Å². The van der Waals surface area contributed by atoms with Crippen LogP contribution in [0.15, 0.2) is 24.5 Å². The Morgan fingerprint density at radius 2 is 2.32 bits per heavy atom. The summed E-state index contributed by atoms with van der Waals surface area (Å²) in [6.45, 7) is 3.13. The third kappa shape index (κ3) is 2.00. The minimum absolute atomic E-state index is 0.139. The number of nitrogens with zero attached hydrogens (tertiary/aromatic N) is 5. The average molecular weight is 301 g/mol. The van der Waals surface area contributed by atoms with Gasteiger partial charge in [0.2, 0.25) is 0 Å². The van der Waals surface area contributed by atoms with Crippen molar-refractivity contribution in [2.45, 2.75) is 0 Å². The molecule has 2 fully saturated rings. The standard InChI is InChI=1S/C15H19N5O2/c1-19-5-4-16-14(19)12-2-3-13(18-17-12)20-6-11-7-22-10-15(11,8-20)9-21/h2-5,11,21H,6-10H2,1H3/t11-,15-/m0/s1. The third-order valence-electron chi connectivity index (χ3n) is 4.86. The van der Waals surface area contributed by atoms with E-state index in [1.54, 1.807) is 6.20 Å². The zero-order valence-electron chi connectivity index (χ0n) is 12.5. The summed E-state index contributed by atoms with van der Waals surface area (Å²) in [5.41, 5.74) is 0.621. The van der Waals surface area contributed by atoms with E-state index in [-0.39, 0.29) is 12.0 Å². The highest BCUT2D eigenvalue weighted by Crippen LogP contribution is 2.42. The smallest absolute Gasteiger partial charge is 0.160 e. The number of hydrogen-bond donors (Lipinski definition) is 1. The fraction of sp³-hybridized carbons (Fsp3) is 0.533. The van der Waals surface area contributed by atoms with Crippen LogP contribution in [0.25, 0.3) is 11.5 Å². The molecule has 7 nitrogen and oxygen atoms in total. The van der Waals surface area contributed by atoms with Crippen LogP contribution in [0.1, 0.15) is 0 Å². The van der Waals surface area contributed by atoms with Crippen LogP contribution in [0.4, 0.5) is 5.82 Å². The second-order valence-electron chi connectivity index (χ2n) is 6.25. The van der Waals surface area contributed by atoms with Crippen molar-refractivity contribution in [3.63, 3.8) is 0 Å². The van der Waals surface area contributed by atoms with E-state index in [1.807, 2.05) is 29.9 Å². The Kier molecular flexibility index (Phi) is 3.12. The first-order valence-corrected chi connectivity index (χ1v) is 7.47. The van der Waals surface area contributed by atoms with Crippen LogP contribution in [-0.4, -0.2) is 57.8 Å². The maximum absolute atomic E-state index is 9.74. The number of aliphatic hydroxyl groups excluding tert-OH is 1. The lowest BCUT2D eigenvalue weighted by Gasteiger charge is -2.24. The summed E-state index contributed by atoms with van der Waals surface area (Å²) in [5.74, 6) is 2.02. The second-order valence-corrected chi connectivity index (χ2v) is 6.25. The van der Waals surface area contributed by atoms with Crippen LogP contribution in [0, 0.1) is 11.3 Å². The number of anilines is 1. The first-order valence-electron chi connectivity index (χ1n) is 7.47. The number of aryl methyl sites for hydroxylation is 1.